The Kier molecular flexibility index (Phi) is 5.46. The van der Waals surface area contributed by atoms with E-state index in [2.05, 4.69) is 20.5 Å². The van der Waals surface area contributed by atoms with E-state index in [1.807, 2.05) is 52.4 Å². The van der Waals surface area contributed by atoms with Crippen LogP contribution >= 0.6 is 23.8 Å². The van der Waals surface area contributed by atoms with Gasteiger partial charge in [0.2, 0.25) is 5.91 Å². The van der Waals surface area contributed by atoms with E-state index in [-0.39, 0.29) is 12.3 Å². The molecule has 3 heterocycles. The molecule has 9 heteroatoms. The van der Waals surface area contributed by atoms with Gasteiger partial charge in [0.15, 0.2) is 10.6 Å². The molecule has 1 amide bonds. The predicted molar refractivity (Wildman–Crippen MR) is 114 cm³/mol. The summed E-state index contributed by atoms with van der Waals surface area (Å²) in [6.45, 7) is 2.81. The highest BCUT2D eigenvalue weighted by Gasteiger charge is 2.11. The average molecular weight is 427 g/mol. The highest BCUT2D eigenvalue weighted by atomic mass is 35.5. The van der Waals surface area contributed by atoms with E-state index in [1.165, 1.54) is 0 Å². The second kappa shape index (κ2) is 8.18. The quantitative estimate of drug-likeness (QED) is 0.458. The van der Waals surface area contributed by atoms with Crippen LogP contribution in [0.2, 0.25) is 5.02 Å². The first-order valence-electron chi connectivity index (χ1n) is 9.12. The smallest absolute Gasteiger partial charge is 0.222 e. The molecular weight excluding hydrogens is 408 g/mol. The number of nitrogens with zero attached hydrogens (tertiary/aromatic N) is 4. The van der Waals surface area contributed by atoms with Gasteiger partial charge >= 0.3 is 0 Å². The number of imidazole rings is 1. The summed E-state index contributed by atoms with van der Waals surface area (Å²) in [5.74, 6) is 0.641. The van der Waals surface area contributed by atoms with Gasteiger partial charge in [-0.1, -0.05) is 35.4 Å². The third-order valence-electron chi connectivity index (χ3n) is 4.53. The van der Waals surface area contributed by atoms with Gasteiger partial charge in [-0.25, -0.2) is 4.98 Å². The molecule has 0 unspecified atom stereocenters. The van der Waals surface area contributed by atoms with Gasteiger partial charge in [-0.15, -0.1) is 0 Å². The second-order valence-corrected chi connectivity index (χ2v) is 7.57. The average Bonchev–Trinajstić information content (AvgIpc) is 3.27. The maximum atomic E-state index is 12.3. The number of nitrogens with one attached hydrogen (secondary N) is 2. The number of aryl methyl sites for hydroxylation is 1. The van der Waals surface area contributed by atoms with Crippen LogP contribution in [0.15, 0.2) is 48.8 Å². The van der Waals surface area contributed by atoms with Crippen molar-refractivity contribution in [3.63, 3.8) is 0 Å². The monoisotopic (exact) mass is 426 g/mol. The van der Waals surface area contributed by atoms with Crippen LogP contribution in [-0.2, 0) is 17.9 Å². The topological polar surface area (TPSA) is 80.0 Å². The lowest BCUT2D eigenvalue weighted by Gasteiger charge is -2.08. The number of carbonyl (C=O) groups is 1. The minimum Gasteiger partial charge on any atom is -0.350 e. The summed E-state index contributed by atoms with van der Waals surface area (Å²) < 4.78 is 4.17. The summed E-state index contributed by atoms with van der Waals surface area (Å²) in [6.07, 6.45) is 3.91. The standard InChI is InChI=1S/C20H19ClN6OS/c1-13-3-2-4-14(9-13)19-24-25-20(29)27(19)8-7-18(28)22-10-16-12-26-11-15(21)5-6-17(26)23-16/h2-6,9,11-12H,7-8,10H2,1H3,(H,22,28)(H,25,29). The number of hydrogen-bond donors (Lipinski definition) is 2. The molecule has 0 saturated heterocycles. The zero-order valence-corrected chi connectivity index (χ0v) is 17.3. The minimum absolute atomic E-state index is 0.0848. The van der Waals surface area contributed by atoms with Crippen molar-refractivity contribution < 1.29 is 4.79 Å². The molecule has 7 nitrogen and oxygen atoms in total. The van der Waals surface area contributed by atoms with E-state index < -0.39 is 0 Å². The number of carbonyl (C=O) groups excluding carboxylic acids is 1. The normalized spacial score (nSPS) is 11.1. The van der Waals surface area contributed by atoms with Crippen molar-refractivity contribution in [1.29, 1.82) is 0 Å². The summed E-state index contributed by atoms with van der Waals surface area (Å²) in [6, 6.07) is 11.6. The van der Waals surface area contributed by atoms with E-state index in [4.69, 9.17) is 23.8 Å². The summed E-state index contributed by atoms with van der Waals surface area (Å²) >= 11 is 11.3. The number of hydrogen-bond acceptors (Lipinski definition) is 4. The van der Waals surface area contributed by atoms with Crippen LogP contribution in [-0.4, -0.2) is 30.1 Å². The maximum Gasteiger partial charge on any atom is 0.222 e. The molecule has 0 saturated carbocycles. The van der Waals surface area contributed by atoms with E-state index >= 15 is 0 Å². The molecule has 2 N–H and O–H groups in total. The third kappa shape index (κ3) is 4.38. The fraction of sp³-hybridized carbons (Fsp3) is 0.200. The molecular formula is C20H19ClN6OS. The van der Waals surface area contributed by atoms with Crippen molar-refractivity contribution in [2.75, 3.05) is 0 Å². The number of fused-ring (bicyclic) bond motifs is 1. The van der Waals surface area contributed by atoms with Crippen molar-refractivity contribution in [2.24, 2.45) is 0 Å². The number of aromatic nitrogens is 5. The van der Waals surface area contributed by atoms with Crippen molar-refractivity contribution in [1.82, 2.24) is 29.5 Å². The number of amides is 1. The maximum absolute atomic E-state index is 12.3. The van der Waals surface area contributed by atoms with Gasteiger partial charge in [0.05, 0.1) is 17.3 Å². The Morgan fingerprint density at radius 2 is 2.14 bits per heavy atom. The van der Waals surface area contributed by atoms with E-state index in [0.717, 1.165) is 28.3 Å². The molecule has 0 aliphatic rings. The Morgan fingerprint density at radius 3 is 2.97 bits per heavy atom. The third-order valence-corrected chi connectivity index (χ3v) is 5.06. The lowest BCUT2D eigenvalue weighted by atomic mass is 10.1. The molecule has 0 fully saturated rings. The summed E-state index contributed by atoms with van der Waals surface area (Å²) in [7, 11) is 0. The van der Waals surface area contributed by atoms with Crippen molar-refractivity contribution in [2.45, 2.75) is 26.4 Å². The molecule has 0 aliphatic carbocycles. The van der Waals surface area contributed by atoms with Crippen molar-refractivity contribution >= 4 is 35.4 Å². The van der Waals surface area contributed by atoms with Gasteiger partial charge in [-0.05, 0) is 37.3 Å². The van der Waals surface area contributed by atoms with E-state index in [1.54, 1.807) is 12.3 Å². The van der Waals surface area contributed by atoms with Crippen LogP contribution < -0.4 is 5.32 Å². The van der Waals surface area contributed by atoms with Gasteiger partial charge in [-0.2, -0.15) is 5.10 Å². The number of pyridine rings is 1. The number of aromatic amines is 1. The van der Waals surface area contributed by atoms with Crippen molar-refractivity contribution in [3.8, 4) is 11.4 Å². The van der Waals surface area contributed by atoms with Gasteiger partial charge in [0, 0.05) is 30.9 Å². The minimum atomic E-state index is -0.0848. The Morgan fingerprint density at radius 1 is 1.28 bits per heavy atom. The molecule has 4 rings (SSSR count). The lowest BCUT2D eigenvalue weighted by Crippen LogP contribution is -2.24. The van der Waals surface area contributed by atoms with Crippen LogP contribution in [0.25, 0.3) is 17.0 Å². The Balaban J connectivity index is 1.39. The van der Waals surface area contributed by atoms with Gasteiger partial charge < -0.3 is 9.72 Å². The molecule has 0 atom stereocenters. The van der Waals surface area contributed by atoms with E-state index in [0.29, 0.717) is 22.9 Å². The zero-order valence-electron chi connectivity index (χ0n) is 15.7. The van der Waals surface area contributed by atoms with Crippen LogP contribution in [0.5, 0.6) is 0 Å². The van der Waals surface area contributed by atoms with Crippen LogP contribution in [0, 0.1) is 11.7 Å². The molecule has 29 heavy (non-hydrogen) atoms. The molecule has 0 aliphatic heterocycles. The fourth-order valence-electron chi connectivity index (χ4n) is 3.12. The molecule has 4 aromatic rings. The summed E-state index contributed by atoms with van der Waals surface area (Å²) in [4.78, 5) is 16.8. The number of halogens is 1. The zero-order chi connectivity index (χ0) is 20.4. The number of H-pyrrole nitrogens is 1. The highest BCUT2D eigenvalue weighted by molar-refractivity contribution is 7.71. The molecule has 1 aromatic carbocycles. The Labute approximate surface area is 177 Å². The molecule has 0 radical (unpaired) electrons. The predicted octanol–water partition coefficient (Wildman–Crippen LogP) is 3.92. The van der Waals surface area contributed by atoms with Gasteiger partial charge in [0.1, 0.15) is 5.65 Å². The van der Waals surface area contributed by atoms with Gasteiger partial charge in [0.25, 0.3) is 0 Å². The van der Waals surface area contributed by atoms with Crippen LogP contribution in [0.4, 0.5) is 0 Å². The van der Waals surface area contributed by atoms with Crippen LogP contribution in [0.1, 0.15) is 17.7 Å². The molecule has 0 bridgehead atoms. The molecule has 3 aromatic heterocycles. The highest BCUT2D eigenvalue weighted by Crippen LogP contribution is 2.19. The SMILES string of the molecule is Cc1cccc(-c2n[nH]c(=S)n2CCC(=O)NCc2cn3cc(Cl)ccc3n2)c1. The van der Waals surface area contributed by atoms with Crippen molar-refractivity contribution in [3.05, 3.63) is 69.8 Å². The molecule has 148 valence electrons. The Bertz CT molecular complexity index is 1240. The fourth-order valence-corrected chi connectivity index (χ4v) is 3.51. The van der Waals surface area contributed by atoms with Gasteiger partial charge in [-0.3, -0.25) is 14.5 Å². The lowest BCUT2D eigenvalue weighted by molar-refractivity contribution is -0.121. The second-order valence-electron chi connectivity index (χ2n) is 6.75. The number of benzene rings is 1. The van der Waals surface area contributed by atoms with E-state index in [9.17, 15) is 4.79 Å². The first kappa shape index (κ1) is 19.4. The first-order valence-corrected chi connectivity index (χ1v) is 9.90. The summed E-state index contributed by atoms with van der Waals surface area (Å²) in [5.41, 5.74) is 3.64. The number of rotatable bonds is 6. The summed E-state index contributed by atoms with van der Waals surface area (Å²) in [5, 5.41) is 10.7. The first-order chi connectivity index (χ1) is 14.0. The Hall–Kier alpha value is -2.97. The molecule has 0 spiro atoms. The van der Waals surface area contributed by atoms with Crippen LogP contribution in [0.3, 0.4) is 0 Å². The largest absolute Gasteiger partial charge is 0.350 e.